The number of hydrogen-bond acceptors (Lipinski definition) is 2. The second kappa shape index (κ2) is 7.35. The summed E-state index contributed by atoms with van der Waals surface area (Å²) in [5.41, 5.74) is 7.70. The van der Waals surface area contributed by atoms with Gasteiger partial charge < -0.3 is 5.73 Å². The summed E-state index contributed by atoms with van der Waals surface area (Å²) in [6.07, 6.45) is 2.70. The summed E-state index contributed by atoms with van der Waals surface area (Å²) in [7, 11) is 0. The minimum Gasteiger partial charge on any atom is -0.330 e. The number of rotatable bonds is 2. The van der Waals surface area contributed by atoms with Gasteiger partial charge in [-0.1, -0.05) is 0 Å². The highest BCUT2D eigenvalue weighted by Crippen LogP contribution is 1.98. The number of aryl methyl sites for hydroxylation is 1. The number of aromatic nitrogens is 1. The molecule has 0 aliphatic rings. The van der Waals surface area contributed by atoms with Crippen LogP contribution in [0.1, 0.15) is 11.3 Å². The zero-order valence-corrected chi connectivity index (χ0v) is 8.62. The molecule has 0 saturated carbocycles. The van der Waals surface area contributed by atoms with E-state index in [9.17, 15) is 0 Å². The number of hydrogen-bond donors (Lipinski definition) is 1. The largest absolute Gasteiger partial charge is 0.330 e. The zero-order valence-electron chi connectivity index (χ0n) is 6.99. The van der Waals surface area contributed by atoms with Crippen LogP contribution < -0.4 is 5.73 Å². The van der Waals surface area contributed by atoms with Gasteiger partial charge in [-0.05, 0) is 31.2 Å². The second-order valence-corrected chi connectivity index (χ2v) is 2.36. The quantitative estimate of drug-likeness (QED) is 0.805. The summed E-state index contributed by atoms with van der Waals surface area (Å²) >= 11 is 0. The lowest BCUT2D eigenvalue weighted by Gasteiger charge is -1.96. The molecule has 0 saturated heterocycles. The Morgan fingerprint density at radius 2 is 2.08 bits per heavy atom. The van der Waals surface area contributed by atoms with Gasteiger partial charge in [-0.3, -0.25) is 4.98 Å². The third-order valence-electron chi connectivity index (χ3n) is 1.37. The molecule has 1 rings (SSSR count). The van der Waals surface area contributed by atoms with Crippen LogP contribution in [0.4, 0.5) is 0 Å². The summed E-state index contributed by atoms with van der Waals surface area (Å²) in [6.45, 7) is 2.73. The smallest absolute Gasteiger partial charge is 0.0418 e. The van der Waals surface area contributed by atoms with Crippen LogP contribution in [0.25, 0.3) is 0 Å². The Kier molecular flexibility index (Phi) is 8.71. The van der Waals surface area contributed by atoms with Crippen molar-refractivity contribution in [3.05, 3.63) is 29.6 Å². The molecule has 1 aromatic heterocycles. The summed E-state index contributed by atoms with van der Waals surface area (Å²) in [5.74, 6) is 0. The van der Waals surface area contributed by atoms with Gasteiger partial charge in [-0.15, -0.1) is 24.8 Å². The summed E-state index contributed by atoms with van der Waals surface area (Å²) in [4.78, 5) is 4.15. The Hall–Kier alpha value is -0.310. The monoisotopic (exact) mass is 208 g/mol. The van der Waals surface area contributed by atoms with Gasteiger partial charge in [0, 0.05) is 18.3 Å². The van der Waals surface area contributed by atoms with Gasteiger partial charge in [-0.25, -0.2) is 0 Å². The van der Waals surface area contributed by atoms with E-state index in [1.54, 1.807) is 0 Å². The fraction of sp³-hybridized carbons (Fsp3) is 0.375. The van der Waals surface area contributed by atoms with Gasteiger partial charge in [0.05, 0.1) is 0 Å². The minimum atomic E-state index is 0. The standard InChI is InChI=1S/C8H12N2.2ClH/c1-7-3-5-10-8(6-7)2-4-9;;/h3,5-6H,2,4,9H2,1H3;2*1H. The molecule has 0 aliphatic heterocycles. The highest BCUT2D eigenvalue weighted by molar-refractivity contribution is 5.85. The van der Waals surface area contributed by atoms with E-state index in [1.807, 2.05) is 12.3 Å². The first-order valence-corrected chi connectivity index (χ1v) is 3.44. The summed E-state index contributed by atoms with van der Waals surface area (Å²) < 4.78 is 0. The SMILES string of the molecule is Cc1ccnc(CCN)c1.Cl.Cl. The second-order valence-electron chi connectivity index (χ2n) is 2.36. The summed E-state index contributed by atoms with van der Waals surface area (Å²) in [6, 6.07) is 4.05. The van der Waals surface area contributed by atoms with Gasteiger partial charge in [0.1, 0.15) is 0 Å². The van der Waals surface area contributed by atoms with Crippen molar-refractivity contribution < 1.29 is 0 Å². The predicted molar refractivity (Wildman–Crippen MR) is 56.2 cm³/mol. The van der Waals surface area contributed by atoms with E-state index in [0.717, 1.165) is 12.1 Å². The molecule has 0 fully saturated rings. The third-order valence-corrected chi connectivity index (χ3v) is 1.37. The van der Waals surface area contributed by atoms with E-state index in [0.29, 0.717) is 6.54 Å². The van der Waals surface area contributed by atoms with Crippen LogP contribution in [0, 0.1) is 6.92 Å². The average molecular weight is 209 g/mol. The maximum absolute atomic E-state index is 5.37. The van der Waals surface area contributed by atoms with Crippen molar-refractivity contribution in [2.75, 3.05) is 6.54 Å². The maximum Gasteiger partial charge on any atom is 0.0418 e. The molecule has 1 aromatic rings. The number of pyridine rings is 1. The lowest BCUT2D eigenvalue weighted by molar-refractivity contribution is 0.920. The van der Waals surface area contributed by atoms with E-state index >= 15 is 0 Å². The molecule has 0 atom stereocenters. The van der Waals surface area contributed by atoms with Crippen LogP contribution in [0.2, 0.25) is 0 Å². The normalized spacial score (nSPS) is 8.17. The third kappa shape index (κ3) is 4.54. The predicted octanol–water partition coefficient (Wildman–Crippen LogP) is 1.73. The van der Waals surface area contributed by atoms with Crippen molar-refractivity contribution in [2.45, 2.75) is 13.3 Å². The molecule has 0 spiro atoms. The van der Waals surface area contributed by atoms with Gasteiger partial charge in [-0.2, -0.15) is 0 Å². The first-order valence-electron chi connectivity index (χ1n) is 3.44. The molecule has 0 aromatic carbocycles. The first kappa shape index (κ1) is 14.2. The lowest BCUT2D eigenvalue weighted by Crippen LogP contribution is -2.04. The van der Waals surface area contributed by atoms with E-state index in [1.165, 1.54) is 5.56 Å². The average Bonchev–Trinajstić information content (AvgIpc) is 1.88. The molecule has 0 unspecified atom stereocenters. The molecule has 1 heterocycles. The highest BCUT2D eigenvalue weighted by atomic mass is 35.5. The first-order chi connectivity index (χ1) is 4.83. The number of nitrogens with zero attached hydrogens (tertiary/aromatic N) is 1. The van der Waals surface area contributed by atoms with Crippen molar-refractivity contribution in [2.24, 2.45) is 5.73 Å². The number of halogens is 2. The highest BCUT2D eigenvalue weighted by Gasteiger charge is 1.90. The summed E-state index contributed by atoms with van der Waals surface area (Å²) in [5, 5.41) is 0. The van der Waals surface area contributed by atoms with Gasteiger partial charge in [0.15, 0.2) is 0 Å². The van der Waals surface area contributed by atoms with Crippen LogP contribution >= 0.6 is 24.8 Å². The zero-order chi connectivity index (χ0) is 7.40. The molecule has 0 bridgehead atoms. The van der Waals surface area contributed by atoms with E-state index in [4.69, 9.17) is 5.73 Å². The van der Waals surface area contributed by atoms with Crippen LogP contribution in [0.15, 0.2) is 18.3 Å². The Labute approximate surface area is 85.4 Å². The molecule has 0 amide bonds. The lowest BCUT2D eigenvalue weighted by atomic mass is 10.2. The van der Waals surface area contributed by atoms with Crippen molar-refractivity contribution >= 4 is 24.8 Å². The molecule has 70 valence electrons. The fourth-order valence-electron chi connectivity index (χ4n) is 0.883. The van der Waals surface area contributed by atoms with Crippen LogP contribution in [0.3, 0.4) is 0 Å². The van der Waals surface area contributed by atoms with Crippen LogP contribution in [-0.4, -0.2) is 11.5 Å². The minimum absolute atomic E-state index is 0. The molecule has 2 nitrogen and oxygen atoms in total. The molecule has 12 heavy (non-hydrogen) atoms. The molecule has 0 aliphatic carbocycles. The van der Waals surface area contributed by atoms with Gasteiger partial charge in [0.2, 0.25) is 0 Å². The molecule has 4 heteroatoms. The fourth-order valence-corrected chi connectivity index (χ4v) is 0.883. The Morgan fingerprint density at radius 3 is 2.58 bits per heavy atom. The van der Waals surface area contributed by atoms with Crippen LogP contribution in [0.5, 0.6) is 0 Å². The van der Waals surface area contributed by atoms with Crippen molar-refractivity contribution in [3.8, 4) is 0 Å². The Morgan fingerprint density at radius 1 is 1.42 bits per heavy atom. The van der Waals surface area contributed by atoms with Crippen molar-refractivity contribution in [1.29, 1.82) is 0 Å². The Bertz CT molecular complexity index is 216. The van der Waals surface area contributed by atoms with Crippen molar-refractivity contribution in [3.63, 3.8) is 0 Å². The molecular formula is C8H14Cl2N2. The molecular weight excluding hydrogens is 195 g/mol. The molecule has 0 radical (unpaired) electrons. The Balaban J connectivity index is 0. The van der Waals surface area contributed by atoms with Gasteiger partial charge >= 0.3 is 0 Å². The van der Waals surface area contributed by atoms with Crippen LogP contribution in [-0.2, 0) is 6.42 Å². The van der Waals surface area contributed by atoms with E-state index in [2.05, 4.69) is 18.0 Å². The maximum atomic E-state index is 5.37. The van der Waals surface area contributed by atoms with E-state index < -0.39 is 0 Å². The van der Waals surface area contributed by atoms with E-state index in [-0.39, 0.29) is 24.8 Å². The molecule has 2 N–H and O–H groups in total. The topological polar surface area (TPSA) is 38.9 Å². The van der Waals surface area contributed by atoms with Crippen molar-refractivity contribution in [1.82, 2.24) is 4.98 Å². The number of nitrogens with two attached hydrogens (primary N) is 1. The van der Waals surface area contributed by atoms with Gasteiger partial charge in [0.25, 0.3) is 0 Å².